The van der Waals surface area contributed by atoms with E-state index in [-0.39, 0.29) is 18.6 Å². The Morgan fingerprint density at radius 2 is 1.73 bits per heavy atom. The third-order valence-corrected chi connectivity index (χ3v) is 3.85. The summed E-state index contributed by atoms with van der Waals surface area (Å²) in [5, 5.41) is 3.04. The highest BCUT2D eigenvalue weighted by Gasteiger charge is 2.18. The molecule has 2 aromatic carbocycles. The molecule has 0 aromatic heterocycles. The van der Waals surface area contributed by atoms with Gasteiger partial charge >= 0.3 is 0 Å². The highest BCUT2D eigenvalue weighted by atomic mass is 79.9. The first kappa shape index (κ1) is 16.6. The van der Waals surface area contributed by atoms with Crippen LogP contribution in [0.25, 0.3) is 0 Å². The molecule has 0 saturated heterocycles. The van der Waals surface area contributed by atoms with Crippen LogP contribution in [0.1, 0.15) is 25.5 Å². The van der Waals surface area contributed by atoms with Gasteiger partial charge in [-0.2, -0.15) is 0 Å². The fourth-order valence-electron chi connectivity index (χ4n) is 2.19. The van der Waals surface area contributed by atoms with Crippen LogP contribution < -0.4 is 10.1 Å². The van der Waals surface area contributed by atoms with Gasteiger partial charge in [-0.05, 0) is 35.7 Å². The van der Waals surface area contributed by atoms with Crippen molar-refractivity contribution >= 4 is 21.8 Å². The number of carbonyl (C=O) groups is 1. The van der Waals surface area contributed by atoms with Gasteiger partial charge in [-0.1, -0.05) is 60.1 Å². The number of halogens is 1. The van der Waals surface area contributed by atoms with Gasteiger partial charge in [0.15, 0.2) is 6.61 Å². The average Bonchev–Trinajstić information content (AvgIpc) is 2.52. The lowest BCUT2D eigenvalue weighted by molar-refractivity contribution is -0.124. The quantitative estimate of drug-likeness (QED) is 0.830. The molecule has 0 aliphatic rings. The van der Waals surface area contributed by atoms with Gasteiger partial charge in [-0.3, -0.25) is 4.79 Å². The van der Waals surface area contributed by atoms with E-state index >= 15 is 0 Å². The van der Waals surface area contributed by atoms with Crippen LogP contribution >= 0.6 is 15.9 Å². The highest BCUT2D eigenvalue weighted by molar-refractivity contribution is 9.10. The lowest BCUT2D eigenvalue weighted by Gasteiger charge is -2.23. The van der Waals surface area contributed by atoms with Gasteiger partial charge < -0.3 is 10.1 Å². The topological polar surface area (TPSA) is 38.3 Å². The molecule has 116 valence electrons. The van der Waals surface area contributed by atoms with E-state index in [1.165, 1.54) is 0 Å². The second-order valence-electron chi connectivity index (χ2n) is 5.44. The molecule has 0 saturated carbocycles. The van der Waals surface area contributed by atoms with Crippen LogP contribution in [-0.4, -0.2) is 12.5 Å². The van der Waals surface area contributed by atoms with Crippen molar-refractivity contribution in [3.05, 3.63) is 64.6 Å². The molecule has 1 atom stereocenters. The molecule has 1 amide bonds. The Kier molecular flexibility index (Phi) is 6.01. The molecule has 1 N–H and O–H groups in total. The third-order valence-electron chi connectivity index (χ3n) is 3.33. The minimum atomic E-state index is -0.120. The predicted octanol–water partition coefficient (Wildman–Crippen LogP) is 4.34. The van der Waals surface area contributed by atoms with E-state index < -0.39 is 0 Å². The molecule has 4 heteroatoms. The summed E-state index contributed by atoms with van der Waals surface area (Å²) >= 11 is 3.37. The first-order chi connectivity index (χ1) is 10.6. The summed E-state index contributed by atoms with van der Waals surface area (Å²) in [5.41, 5.74) is 1.11. The van der Waals surface area contributed by atoms with Crippen molar-refractivity contribution < 1.29 is 9.53 Å². The summed E-state index contributed by atoms with van der Waals surface area (Å²) in [6.45, 7) is 4.19. The summed E-state index contributed by atoms with van der Waals surface area (Å²) < 4.78 is 6.49. The van der Waals surface area contributed by atoms with Gasteiger partial charge in [0.2, 0.25) is 0 Å². The number of hydrogen-bond donors (Lipinski definition) is 1. The van der Waals surface area contributed by atoms with Crippen LogP contribution in [0.15, 0.2) is 59.1 Å². The smallest absolute Gasteiger partial charge is 0.258 e. The van der Waals surface area contributed by atoms with Crippen molar-refractivity contribution in [3.63, 3.8) is 0 Å². The molecule has 2 rings (SSSR count). The van der Waals surface area contributed by atoms with Crippen LogP contribution in [-0.2, 0) is 4.79 Å². The maximum Gasteiger partial charge on any atom is 0.258 e. The molecule has 0 unspecified atom stereocenters. The molecule has 2 aromatic rings. The Morgan fingerprint density at radius 3 is 2.32 bits per heavy atom. The van der Waals surface area contributed by atoms with E-state index in [0.717, 1.165) is 10.0 Å². The number of amides is 1. The first-order valence-electron chi connectivity index (χ1n) is 7.29. The number of benzene rings is 2. The maximum atomic E-state index is 12.1. The largest absolute Gasteiger partial charge is 0.484 e. The van der Waals surface area contributed by atoms with E-state index in [2.05, 4.69) is 35.1 Å². The molecule has 0 fully saturated rings. The van der Waals surface area contributed by atoms with Crippen molar-refractivity contribution in [2.75, 3.05) is 6.61 Å². The SMILES string of the molecule is CC(C)[C@@H](NC(=O)COc1ccc(Br)cc1)c1ccccc1. The van der Waals surface area contributed by atoms with Gasteiger partial charge in [-0.25, -0.2) is 0 Å². The van der Waals surface area contributed by atoms with Crippen molar-refractivity contribution in [2.45, 2.75) is 19.9 Å². The lowest BCUT2D eigenvalue weighted by atomic mass is 9.96. The second kappa shape index (κ2) is 7.99. The fourth-order valence-corrected chi connectivity index (χ4v) is 2.45. The summed E-state index contributed by atoms with van der Waals surface area (Å²) in [4.78, 5) is 12.1. The summed E-state index contributed by atoms with van der Waals surface area (Å²) in [5.74, 6) is 0.865. The monoisotopic (exact) mass is 361 g/mol. The Balaban J connectivity index is 1.93. The maximum absolute atomic E-state index is 12.1. The van der Waals surface area contributed by atoms with E-state index in [4.69, 9.17) is 4.74 Å². The van der Waals surface area contributed by atoms with Gasteiger partial charge in [0.25, 0.3) is 5.91 Å². The molecule has 0 aliphatic heterocycles. The molecular formula is C18H20BrNO2. The van der Waals surface area contributed by atoms with E-state index in [9.17, 15) is 4.79 Å². The highest BCUT2D eigenvalue weighted by Crippen LogP contribution is 2.21. The third kappa shape index (κ3) is 4.88. The molecule has 0 aliphatic carbocycles. The van der Waals surface area contributed by atoms with Crippen LogP contribution in [0, 0.1) is 5.92 Å². The molecule has 3 nitrogen and oxygen atoms in total. The molecule has 0 radical (unpaired) electrons. The average molecular weight is 362 g/mol. The number of ether oxygens (including phenoxy) is 1. The standard InChI is InChI=1S/C18H20BrNO2/c1-13(2)18(14-6-4-3-5-7-14)20-17(21)12-22-16-10-8-15(19)9-11-16/h3-11,13,18H,12H2,1-2H3,(H,20,21)/t18-/m1/s1. The summed E-state index contributed by atoms with van der Waals surface area (Å²) in [7, 11) is 0. The van der Waals surface area contributed by atoms with Crippen molar-refractivity contribution in [1.82, 2.24) is 5.32 Å². The molecular weight excluding hydrogens is 342 g/mol. The van der Waals surface area contributed by atoms with Crippen LogP contribution in [0.3, 0.4) is 0 Å². The van der Waals surface area contributed by atoms with Gasteiger partial charge in [0, 0.05) is 4.47 Å². The number of carbonyl (C=O) groups excluding carboxylic acids is 1. The minimum absolute atomic E-state index is 0.0116. The number of nitrogens with one attached hydrogen (secondary N) is 1. The lowest BCUT2D eigenvalue weighted by Crippen LogP contribution is -2.35. The van der Waals surface area contributed by atoms with Crippen LogP contribution in [0.4, 0.5) is 0 Å². The summed E-state index contributed by atoms with van der Waals surface area (Å²) in [6.07, 6.45) is 0. The second-order valence-corrected chi connectivity index (χ2v) is 6.36. The Hall–Kier alpha value is -1.81. The van der Waals surface area contributed by atoms with Crippen molar-refractivity contribution in [3.8, 4) is 5.75 Å². The van der Waals surface area contributed by atoms with E-state index in [1.807, 2.05) is 54.6 Å². The predicted molar refractivity (Wildman–Crippen MR) is 91.8 cm³/mol. The first-order valence-corrected chi connectivity index (χ1v) is 8.08. The zero-order chi connectivity index (χ0) is 15.9. The minimum Gasteiger partial charge on any atom is -0.484 e. The van der Waals surface area contributed by atoms with Gasteiger partial charge in [-0.15, -0.1) is 0 Å². The molecule has 0 heterocycles. The zero-order valence-electron chi connectivity index (χ0n) is 12.8. The van der Waals surface area contributed by atoms with Crippen molar-refractivity contribution in [2.24, 2.45) is 5.92 Å². The molecule has 0 spiro atoms. The Bertz CT molecular complexity index is 596. The summed E-state index contributed by atoms with van der Waals surface area (Å²) in [6, 6.07) is 17.4. The van der Waals surface area contributed by atoms with Gasteiger partial charge in [0.05, 0.1) is 6.04 Å². The molecule has 0 bridgehead atoms. The Labute approximate surface area is 139 Å². The normalized spacial score (nSPS) is 12.0. The molecule has 22 heavy (non-hydrogen) atoms. The zero-order valence-corrected chi connectivity index (χ0v) is 14.3. The fraction of sp³-hybridized carbons (Fsp3) is 0.278. The van der Waals surface area contributed by atoms with E-state index in [0.29, 0.717) is 11.7 Å². The van der Waals surface area contributed by atoms with Gasteiger partial charge in [0.1, 0.15) is 5.75 Å². The van der Waals surface area contributed by atoms with Crippen LogP contribution in [0.2, 0.25) is 0 Å². The number of rotatable bonds is 6. The van der Waals surface area contributed by atoms with Crippen LogP contribution in [0.5, 0.6) is 5.75 Å². The van der Waals surface area contributed by atoms with E-state index in [1.54, 1.807) is 0 Å². The van der Waals surface area contributed by atoms with Crippen molar-refractivity contribution in [1.29, 1.82) is 0 Å². The Morgan fingerprint density at radius 1 is 1.09 bits per heavy atom. The number of hydrogen-bond acceptors (Lipinski definition) is 2.